The van der Waals surface area contributed by atoms with E-state index in [4.69, 9.17) is 21.7 Å². The maximum absolute atomic E-state index is 13.1. The summed E-state index contributed by atoms with van der Waals surface area (Å²) in [6.07, 6.45) is 2.99. The first kappa shape index (κ1) is 23.6. The summed E-state index contributed by atoms with van der Waals surface area (Å²) < 4.78 is 25.3. The number of halogens is 2. The highest BCUT2D eigenvalue weighted by molar-refractivity contribution is 9.10. The summed E-state index contributed by atoms with van der Waals surface area (Å²) in [6, 6.07) is 9.37. The summed E-state index contributed by atoms with van der Waals surface area (Å²) in [6.45, 7) is 6.19. The Labute approximate surface area is 198 Å². The zero-order valence-electron chi connectivity index (χ0n) is 17.2. The second-order valence-corrected chi connectivity index (χ2v) is 7.94. The van der Waals surface area contributed by atoms with Gasteiger partial charge in [0.05, 0.1) is 11.1 Å². The van der Waals surface area contributed by atoms with Gasteiger partial charge < -0.3 is 9.47 Å². The maximum Gasteiger partial charge on any atom is 0.265 e. The molecule has 0 bridgehead atoms. The van der Waals surface area contributed by atoms with Crippen LogP contribution in [0.15, 0.2) is 59.1 Å². The second-order valence-electron chi connectivity index (χ2n) is 6.70. The maximum atomic E-state index is 13.1. The van der Waals surface area contributed by atoms with Crippen molar-refractivity contribution in [3.63, 3.8) is 0 Å². The van der Waals surface area contributed by atoms with Crippen LogP contribution in [0.3, 0.4) is 0 Å². The number of nitrogens with zero attached hydrogens (tertiary/aromatic N) is 1. The zero-order chi connectivity index (χ0) is 23.3. The Balaban J connectivity index is 1.91. The monoisotopic (exact) mass is 518 g/mol. The molecule has 1 saturated heterocycles. The van der Waals surface area contributed by atoms with Gasteiger partial charge in [0.15, 0.2) is 16.6 Å². The van der Waals surface area contributed by atoms with Crippen molar-refractivity contribution in [3.8, 4) is 11.5 Å². The average Bonchev–Trinajstić information content (AvgIpc) is 2.75. The summed E-state index contributed by atoms with van der Waals surface area (Å²) in [4.78, 5) is 26.4. The van der Waals surface area contributed by atoms with Crippen LogP contribution in [-0.4, -0.2) is 35.0 Å². The number of ether oxygens (including phenoxy) is 2. The minimum absolute atomic E-state index is 0.0396. The lowest BCUT2D eigenvalue weighted by Gasteiger charge is -2.27. The van der Waals surface area contributed by atoms with E-state index in [9.17, 15) is 14.0 Å². The van der Waals surface area contributed by atoms with E-state index in [-0.39, 0.29) is 29.7 Å². The molecule has 1 fully saturated rings. The molecule has 0 radical (unpaired) electrons. The van der Waals surface area contributed by atoms with E-state index in [1.165, 1.54) is 29.2 Å². The topological polar surface area (TPSA) is 67.9 Å². The van der Waals surface area contributed by atoms with E-state index in [0.717, 1.165) is 5.56 Å². The van der Waals surface area contributed by atoms with Gasteiger partial charge in [-0.2, -0.15) is 0 Å². The summed E-state index contributed by atoms with van der Waals surface area (Å²) in [5.41, 5.74) is 1.28. The number of amides is 2. The van der Waals surface area contributed by atoms with E-state index in [1.54, 1.807) is 24.3 Å². The van der Waals surface area contributed by atoms with Crippen LogP contribution < -0.4 is 14.8 Å². The van der Waals surface area contributed by atoms with E-state index >= 15 is 0 Å². The molecular formula is C23H20BrFN2O4S. The van der Waals surface area contributed by atoms with Crippen LogP contribution in [0.5, 0.6) is 11.5 Å². The minimum atomic E-state index is -0.578. The van der Waals surface area contributed by atoms with Gasteiger partial charge in [-0.3, -0.25) is 19.8 Å². The van der Waals surface area contributed by atoms with Gasteiger partial charge in [0.25, 0.3) is 11.8 Å². The highest BCUT2D eigenvalue weighted by Crippen LogP contribution is 2.38. The molecule has 0 aliphatic carbocycles. The van der Waals surface area contributed by atoms with Crippen LogP contribution in [0.25, 0.3) is 6.08 Å². The highest BCUT2D eigenvalue weighted by atomic mass is 79.9. The lowest BCUT2D eigenvalue weighted by molar-refractivity contribution is -0.128. The molecule has 0 spiro atoms. The molecule has 0 aromatic heterocycles. The minimum Gasteiger partial charge on any atom is -0.490 e. The standard InChI is InChI=1S/C23H20BrFN2O4S/c1-3-9-27-22(29)17(21(28)26-23(27)32)10-15-11-18(24)20(19(12-15)30-4-2)31-13-14-5-7-16(25)8-6-14/h3,5-8,10-12H,1,4,9,13H2,2H3,(H,26,28,32)/b17-10+. The van der Waals surface area contributed by atoms with Crippen LogP contribution in [0.4, 0.5) is 4.39 Å². The molecule has 9 heteroatoms. The number of benzene rings is 2. The zero-order valence-corrected chi connectivity index (χ0v) is 19.6. The van der Waals surface area contributed by atoms with Gasteiger partial charge in [0.2, 0.25) is 0 Å². The molecule has 0 atom stereocenters. The third-order valence-electron chi connectivity index (χ3n) is 4.44. The van der Waals surface area contributed by atoms with Crippen molar-refractivity contribution in [1.29, 1.82) is 0 Å². The van der Waals surface area contributed by atoms with Gasteiger partial charge in [-0.05, 0) is 76.5 Å². The van der Waals surface area contributed by atoms with Crippen LogP contribution in [0.1, 0.15) is 18.1 Å². The molecular weight excluding hydrogens is 499 g/mol. The van der Waals surface area contributed by atoms with E-state index in [0.29, 0.717) is 28.1 Å². The number of hydrogen-bond donors (Lipinski definition) is 1. The smallest absolute Gasteiger partial charge is 0.265 e. The molecule has 1 heterocycles. The molecule has 6 nitrogen and oxygen atoms in total. The fraction of sp³-hybridized carbons (Fsp3) is 0.174. The van der Waals surface area contributed by atoms with Gasteiger partial charge in [0.1, 0.15) is 18.0 Å². The SMILES string of the molecule is C=CCN1C(=O)/C(=C/c2cc(Br)c(OCc3ccc(F)cc3)c(OCC)c2)C(=O)NC1=S. The van der Waals surface area contributed by atoms with Gasteiger partial charge >= 0.3 is 0 Å². The quantitative estimate of drug-likeness (QED) is 0.243. The molecule has 2 aromatic carbocycles. The number of hydrogen-bond acceptors (Lipinski definition) is 5. The third kappa shape index (κ3) is 5.41. The van der Waals surface area contributed by atoms with Gasteiger partial charge in [-0.15, -0.1) is 6.58 Å². The van der Waals surface area contributed by atoms with Crippen LogP contribution >= 0.6 is 28.1 Å². The normalized spacial score (nSPS) is 15.0. The molecule has 1 aliphatic heterocycles. The van der Waals surface area contributed by atoms with Crippen molar-refractivity contribution in [1.82, 2.24) is 10.2 Å². The predicted molar refractivity (Wildman–Crippen MR) is 127 cm³/mol. The Morgan fingerprint density at radius 2 is 1.94 bits per heavy atom. The first-order valence-corrected chi connectivity index (χ1v) is 10.9. The second kappa shape index (κ2) is 10.5. The molecule has 1 aliphatic rings. The Hall–Kier alpha value is -3.04. The highest BCUT2D eigenvalue weighted by Gasteiger charge is 2.32. The molecule has 3 rings (SSSR count). The summed E-state index contributed by atoms with van der Waals surface area (Å²) in [5, 5.41) is 2.55. The van der Waals surface area contributed by atoms with Crippen LogP contribution in [0, 0.1) is 5.82 Å². The fourth-order valence-corrected chi connectivity index (χ4v) is 3.79. The van der Waals surface area contributed by atoms with Gasteiger partial charge in [-0.25, -0.2) is 4.39 Å². The summed E-state index contributed by atoms with van der Waals surface area (Å²) in [5.74, 6) is -0.531. The Morgan fingerprint density at radius 3 is 2.59 bits per heavy atom. The molecule has 2 aromatic rings. The van der Waals surface area contributed by atoms with E-state index in [1.807, 2.05) is 6.92 Å². The fourth-order valence-electron chi connectivity index (χ4n) is 2.97. The lowest BCUT2D eigenvalue weighted by atomic mass is 10.1. The van der Waals surface area contributed by atoms with Crippen molar-refractivity contribution in [2.75, 3.05) is 13.2 Å². The molecule has 32 heavy (non-hydrogen) atoms. The van der Waals surface area contributed by atoms with E-state index in [2.05, 4.69) is 27.8 Å². The lowest BCUT2D eigenvalue weighted by Crippen LogP contribution is -2.53. The Kier molecular flexibility index (Phi) is 7.76. The first-order chi connectivity index (χ1) is 15.3. The van der Waals surface area contributed by atoms with Crippen molar-refractivity contribution < 1.29 is 23.5 Å². The largest absolute Gasteiger partial charge is 0.490 e. The van der Waals surface area contributed by atoms with Gasteiger partial charge in [-0.1, -0.05) is 18.2 Å². The molecule has 2 amide bonds. The number of nitrogens with one attached hydrogen (secondary N) is 1. The molecule has 0 saturated carbocycles. The first-order valence-electron chi connectivity index (χ1n) is 9.67. The Morgan fingerprint density at radius 1 is 1.22 bits per heavy atom. The molecule has 0 unspecified atom stereocenters. The summed E-state index contributed by atoms with van der Waals surface area (Å²) in [7, 11) is 0. The Bertz CT molecular complexity index is 1100. The predicted octanol–water partition coefficient (Wildman–Crippen LogP) is 4.38. The molecule has 1 N–H and O–H groups in total. The van der Waals surface area contributed by atoms with Crippen LogP contribution in [0.2, 0.25) is 0 Å². The third-order valence-corrected chi connectivity index (χ3v) is 5.35. The van der Waals surface area contributed by atoms with E-state index < -0.39 is 11.8 Å². The summed E-state index contributed by atoms with van der Waals surface area (Å²) >= 11 is 8.54. The average molecular weight is 519 g/mol. The number of rotatable bonds is 8. The van der Waals surface area contributed by atoms with Crippen LogP contribution in [-0.2, 0) is 16.2 Å². The van der Waals surface area contributed by atoms with Crippen molar-refractivity contribution >= 4 is 51.2 Å². The van der Waals surface area contributed by atoms with Crippen molar-refractivity contribution in [2.24, 2.45) is 0 Å². The number of carbonyl (C=O) groups excluding carboxylic acids is 2. The molecule has 166 valence electrons. The van der Waals surface area contributed by atoms with Crippen molar-refractivity contribution in [2.45, 2.75) is 13.5 Å². The number of carbonyl (C=O) groups is 2. The van der Waals surface area contributed by atoms with Gasteiger partial charge in [0, 0.05) is 6.54 Å². The number of thiocarbonyl (C=S) groups is 1. The van der Waals surface area contributed by atoms with Crippen molar-refractivity contribution in [3.05, 3.63) is 76.0 Å².